The van der Waals surface area contributed by atoms with Crippen LogP contribution in [0.15, 0.2) is 0 Å². The first kappa shape index (κ1) is 8.97. The zero-order valence-electron chi connectivity index (χ0n) is 6.83. The van der Waals surface area contributed by atoms with E-state index in [1.165, 1.54) is 19.3 Å². The average Bonchev–Trinajstić information content (AvgIpc) is 2.06. The van der Waals surface area contributed by atoms with Gasteiger partial charge in [-0.2, -0.15) is 0 Å². The van der Waals surface area contributed by atoms with Crippen LogP contribution in [0.25, 0.3) is 0 Å². The van der Waals surface area contributed by atoms with Crippen molar-refractivity contribution in [2.24, 2.45) is 0 Å². The average molecular weight is 158 g/mol. The van der Waals surface area contributed by atoms with E-state index in [2.05, 4.69) is 4.90 Å². The van der Waals surface area contributed by atoms with Crippen LogP contribution in [0.4, 0.5) is 0 Å². The van der Waals surface area contributed by atoms with Crippen molar-refractivity contribution < 1.29 is 10.2 Å². The summed E-state index contributed by atoms with van der Waals surface area (Å²) in [4.78, 5) is 2.17. The molecule has 11 heavy (non-hydrogen) atoms. The van der Waals surface area contributed by atoms with E-state index in [9.17, 15) is 5.11 Å². The first-order valence-electron chi connectivity index (χ1n) is 4.31. The highest BCUT2D eigenvalue weighted by atomic mass is 16.3. The van der Waals surface area contributed by atoms with Crippen molar-refractivity contribution >= 4 is 0 Å². The third kappa shape index (κ3) is 3.18. The summed E-state index contributed by atoms with van der Waals surface area (Å²) in [6.07, 6.45) is 3.06. The van der Waals surface area contributed by atoms with Crippen LogP contribution in [0, 0.1) is 0 Å². The molecular weight excluding hydrogens is 142 g/mol. The maximum atomic E-state index is 10.2. The highest BCUT2D eigenvalue weighted by Gasteiger charge is 2.13. The minimum atomic E-state index is -0.659. The Balaban J connectivity index is 2.13. The predicted molar refractivity (Wildman–Crippen MR) is 41.9 cm³/mol. The molecule has 3 nitrogen and oxygen atoms in total. The number of hydrogen-bond acceptors (Lipinski definition) is 2. The van der Waals surface area contributed by atoms with Crippen LogP contribution in [0.1, 0.15) is 19.3 Å². The fourth-order valence-corrected chi connectivity index (χ4v) is 1.49. The quantitative estimate of drug-likeness (QED) is 0.640. The Labute approximate surface area is 67.6 Å². The van der Waals surface area contributed by atoms with Crippen LogP contribution in [0.5, 0.6) is 0 Å². The Kier molecular flexibility index (Phi) is 3.83. The Bertz CT molecular complexity index is 102. The monoisotopic (exact) mass is 158 g/mol. The molecular formula is C8H16NO2. The minimum Gasteiger partial charge on any atom is -0.389 e. The Morgan fingerprint density at radius 3 is 2.45 bits per heavy atom. The van der Waals surface area contributed by atoms with Crippen molar-refractivity contribution in [2.75, 3.05) is 26.2 Å². The molecule has 65 valence electrons. The van der Waals surface area contributed by atoms with Crippen molar-refractivity contribution in [2.45, 2.75) is 25.4 Å². The molecule has 1 radical (unpaired) electrons. The summed E-state index contributed by atoms with van der Waals surface area (Å²) in [6, 6.07) is 0. The topological polar surface area (TPSA) is 43.4 Å². The standard InChI is InChI=1S/C8H16NO2/c10-7-8(11)6-9-4-2-1-3-5-9/h8,11H,1-7H2. The van der Waals surface area contributed by atoms with E-state index >= 15 is 0 Å². The molecule has 1 heterocycles. The molecule has 1 saturated heterocycles. The normalized spacial score (nSPS) is 23.5. The molecule has 0 saturated carbocycles. The van der Waals surface area contributed by atoms with E-state index in [0.717, 1.165) is 13.1 Å². The molecule has 0 amide bonds. The molecule has 0 aliphatic carbocycles. The van der Waals surface area contributed by atoms with Crippen molar-refractivity contribution in [3.63, 3.8) is 0 Å². The van der Waals surface area contributed by atoms with Crippen molar-refractivity contribution in [1.82, 2.24) is 4.90 Å². The molecule has 1 aliphatic rings. The summed E-state index contributed by atoms with van der Waals surface area (Å²) in [5, 5.41) is 19.3. The van der Waals surface area contributed by atoms with Crippen molar-refractivity contribution in [3.05, 3.63) is 0 Å². The van der Waals surface area contributed by atoms with Gasteiger partial charge in [-0.05, 0) is 25.9 Å². The molecule has 3 heteroatoms. The molecule has 1 aliphatic heterocycles. The second-order valence-corrected chi connectivity index (χ2v) is 3.18. The number of hydrogen-bond donors (Lipinski definition) is 1. The van der Waals surface area contributed by atoms with Gasteiger partial charge in [0, 0.05) is 6.54 Å². The molecule has 1 rings (SSSR count). The van der Waals surface area contributed by atoms with Gasteiger partial charge in [0.2, 0.25) is 0 Å². The molecule has 1 unspecified atom stereocenters. The van der Waals surface area contributed by atoms with Gasteiger partial charge >= 0.3 is 0 Å². The van der Waals surface area contributed by atoms with Gasteiger partial charge in [-0.25, -0.2) is 5.11 Å². The fourth-order valence-electron chi connectivity index (χ4n) is 1.49. The summed E-state index contributed by atoms with van der Waals surface area (Å²) in [5.74, 6) is 0. The second kappa shape index (κ2) is 4.70. The molecule has 0 spiro atoms. The number of nitrogens with zero attached hydrogens (tertiary/aromatic N) is 1. The highest BCUT2D eigenvalue weighted by Crippen LogP contribution is 2.08. The van der Waals surface area contributed by atoms with Gasteiger partial charge < -0.3 is 10.0 Å². The molecule has 1 N–H and O–H groups in total. The maximum absolute atomic E-state index is 10.2. The number of rotatable bonds is 3. The van der Waals surface area contributed by atoms with E-state index in [4.69, 9.17) is 5.11 Å². The first-order chi connectivity index (χ1) is 5.33. The van der Waals surface area contributed by atoms with Gasteiger partial charge in [0.25, 0.3) is 0 Å². The van der Waals surface area contributed by atoms with E-state index < -0.39 is 6.10 Å². The fraction of sp³-hybridized carbons (Fsp3) is 1.00. The molecule has 1 fully saturated rings. The molecule has 1 atom stereocenters. The van der Waals surface area contributed by atoms with Gasteiger partial charge in [0.15, 0.2) is 0 Å². The second-order valence-electron chi connectivity index (χ2n) is 3.18. The Morgan fingerprint density at radius 2 is 1.91 bits per heavy atom. The van der Waals surface area contributed by atoms with Crippen LogP contribution < -0.4 is 0 Å². The molecule has 0 aromatic carbocycles. The van der Waals surface area contributed by atoms with Crippen LogP contribution in [-0.4, -0.2) is 42.4 Å². The maximum Gasteiger partial charge on any atom is 0.109 e. The van der Waals surface area contributed by atoms with Gasteiger partial charge in [-0.15, -0.1) is 0 Å². The van der Waals surface area contributed by atoms with E-state index in [1.54, 1.807) is 0 Å². The van der Waals surface area contributed by atoms with Gasteiger partial charge in [0.05, 0.1) is 6.10 Å². The third-order valence-electron chi connectivity index (χ3n) is 2.11. The van der Waals surface area contributed by atoms with Gasteiger partial charge in [0.1, 0.15) is 6.61 Å². The van der Waals surface area contributed by atoms with E-state index in [0.29, 0.717) is 6.54 Å². The number of piperidine rings is 1. The summed E-state index contributed by atoms with van der Waals surface area (Å²) in [5.41, 5.74) is 0. The number of aliphatic hydroxyl groups is 1. The molecule has 0 bridgehead atoms. The zero-order valence-corrected chi connectivity index (χ0v) is 6.83. The smallest absolute Gasteiger partial charge is 0.109 e. The number of likely N-dealkylation sites (tertiary alicyclic amines) is 1. The van der Waals surface area contributed by atoms with E-state index in [-0.39, 0.29) is 6.61 Å². The van der Waals surface area contributed by atoms with Crippen molar-refractivity contribution in [1.29, 1.82) is 0 Å². The van der Waals surface area contributed by atoms with Gasteiger partial charge in [-0.1, -0.05) is 6.42 Å². The predicted octanol–water partition coefficient (Wildman–Crippen LogP) is 0.264. The van der Waals surface area contributed by atoms with Crippen LogP contribution in [-0.2, 0) is 5.11 Å². The van der Waals surface area contributed by atoms with Crippen LogP contribution >= 0.6 is 0 Å². The zero-order chi connectivity index (χ0) is 8.10. The van der Waals surface area contributed by atoms with Crippen molar-refractivity contribution in [3.8, 4) is 0 Å². The largest absolute Gasteiger partial charge is 0.389 e. The van der Waals surface area contributed by atoms with Gasteiger partial charge in [-0.3, -0.25) is 0 Å². The first-order valence-corrected chi connectivity index (χ1v) is 4.31. The Hall–Kier alpha value is -0.120. The van der Waals surface area contributed by atoms with Crippen LogP contribution in [0.3, 0.4) is 0 Å². The highest BCUT2D eigenvalue weighted by molar-refractivity contribution is 4.67. The molecule has 0 aromatic rings. The molecule has 0 aromatic heterocycles. The lowest BCUT2D eigenvalue weighted by atomic mass is 10.1. The summed E-state index contributed by atoms with van der Waals surface area (Å²) >= 11 is 0. The lowest BCUT2D eigenvalue weighted by molar-refractivity contribution is 0.0258. The third-order valence-corrected chi connectivity index (χ3v) is 2.11. The number of aliphatic hydroxyl groups excluding tert-OH is 1. The summed E-state index contributed by atoms with van der Waals surface area (Å²) in [7, 11) is 0. The SMILES string of the molecule is [O]CC(O)CN1CCCCC1. The van der Waals surface area contributed by atoms with E-state index in [1.807, 2.05) is 0 Å². The lowest BCUT2D eigenvalue weighted by Crippen LogP contribution is -2.37. The minimum absolute atomic E-state index is 0.365. The summed E-state index contributed by atoms with van der Waals surface area (Å²) in [6.45, 7) is 2.31. The summed E-state index contributed by atoms with van der Waals surface area (Å²) < 4.78 is 0. The Morgan fingerprint density at radius 1 is 1.27 bits per heavy atom. The lowest BCUT2D eigenvalue weighted by Gasteiger charge is -2.27. The number of β-amino-alcohol motifs (C(OH)–C–C–N with tert-alkyl or cyclic N) is 1. The van der Waals surface area contributed by atoms with Crippen LogP contribution in [0.2, 0.25) is 0 Å².